The van der Waals surface area contributed by atoms with Crippen LogP contribution in [-0.4, -0.2) is 0 Å². The minimum Gasteiger partial charge on any atom is -0.457 e. The number of nitrogens with two attached hydrogens (primary N) is 1. The molecule has 0 bridgehead atoms. The molecule has 2 aromatic rings. The number of benzene rings is 2. The number of anilines is 1. The van der Waals surface area contributed by atoms with Gasteiger partial charge < -0.3 is 10.5 Å². The van der Waals surface area contributed by atoms with Crippen LogP contribution in [0.15, 0.2) is 42.5 Å². The van der Waals surface area contributed by atoms with E-state index in [-0.39, 0.29) is 5.75 Å². The minimum atomic E-state index is -5.09. The van der Waals surface area contributed by atoms with E-state index in [2.05, 4.69) is 0 Å². The van der Waals surface area contributed by atoms with E-state index in [9.17, 15) is 26.3 Å². The Hall–Kier alpha value is -2.38. The summed E-state index contributed by atoms with van der Waals surface area (Å²) in [5.74, 6) is -0.739. The second kappa shape index (κ2) is 5.43. The molecule has 118 valence electrons. The summed E-state index contributed by atoms with van der Waals surface area (Å²) < 4.78 is 82.2. The van der Waals surface area contributed by atoms with Gasteiger partial charge in [-0.05, 0) is 24.3 Å². The van der Waals surface area contributed by atoms with E-state index < -0.39 is 34.9 Å². The lowest BCUT2D eigenvalue weighted by Gasteiger charge is -2.19. The number of ether oxygens (including phenoxy) is 1. The average molecular weight is 321 g/mol. The number of nitrogen functional groups attached to an aromatic ring is 1. The van der Waals surface area contributed by atoms with Crippen LogP contribution in [0.1, 0.15) is 11.1 Å². The topological polar surface area (TPSA) is 35.2 Å². The second-order valence-electron chi connectivity index (χ2n) is 4.31. The molecule has 2 N–H and O–H groups in total. The van der Waals surface area contributed by atoms with Crippen molar-refractivity contribution in [2.24, 2.45) is 0 Å². The van der Waals surface area contributed by atoms with Crippen LogP contribution in [0.5, 0.6) is 11.5 Å². The molecule has 0 heterocycles. The predicted octanol–water partition coefficient (Wildman–Crippen LogP) is 5.10. The maximum atomic E-state index is 13.1. The molecule has 0 amide bonds. The number of hydrogen-bond acceptors (Lipinski definition) is 2. The van der Waals surface area contributed by atoms with E-state index in [4.69, 9.17) is 10.5 Å². The highest BCUT2D eigenvalue weighted by molar-refractivity contribution is 5.62. The number of halogens is 6. The average Bonchev–Trinajstić information content (AvgIpc) is 2.36. The zero-order valence-corrected chi connectivity index (χ0v) is 10.8. The van der Waals surface area contributed by atoms with Crippen molar-refractivity contribution in [2.75, 3.05) is 5.73 Å². The van der Waals surface area contributed by atoms with Gasteiger partial charge in [0, 0.05) is 0 Å². The smallest absolute Gasteiger partial charge is 0.421 e. The van der Waals surface area contributed by atoms with Gasteiger partial charge in [-0.2, -0.15) is 26.3 Å². The van der Waals surface area contributed by atoms with Crippen LogP contribution in [0.3, 0.4) is 0 Å². The van der Waals surface area contributed by atoms with Gasteiger partial charge in [0.05, 0.1) is 11.3 Å². The van der Waals surface area contributed by atoms with Crippen molar-refractivity contribution >= 4 is 5.69 Å². The van der Waals surface area contributed by atoms with Crippen LogP contribution in [0.25, 0.3) is 0 Å². The highest BCUT2D eigenvalue weighted by Crippen LogP contribution is 2.46. The van der Waals surface area contributed by atoms with E-state index in [1.165, 1.54) is 24.3 Å². The first-order valence-electron chi connectivity index (χ1n) is 5.90. The van der Waals surface area contributed by atoms with Crippen molar-refractivity contribution in [1.82, 2.24) is 0 Å². The Balaban J connectivity index is 2.58. The number of para-hydroxylation sites is 1. The summed E-state index contributed by atoms with van der Waals surface area (Å²) >= 11 is 0. The molecule has 0 aliphatic carbocycles. The van der Waals surface area contributed by atoms with Crippen molar-refractivity contribution in [3.8, 4) is 11.5 Å². The largest absolute Gasteiger partial charge is 0.457 e. The molecular formula is C14H9F6NO. The molecule has 0 saturated heterocycles. The third kappa shape index (κ3) is 3.26. The van der Waals surface area contributed by atoms with Gasteiger partial charge >= 0.3 is 12.4 Å². The van der Waals surface area contributed by atoms with Gasteiger partial charge in [0.2, 0.25) is 0 Å². The lowest BCUT2D eigenvalue weighted by Crippen LogP contribution is -2.16. The molecule has 0 spiro atoms. The minimum absolute atomic E-state index is 0.0483. The standard InChI is InChI=1S/C14H9F6NO/c15-13(16,17)9-6-7-10(11(12(9)21)14(18,19)20)22-8-4-2-1-3-5-8/h1-7H,21H2. The first-order valence-corrected chi connectivity index (χ1v) is 5.90. The summed E-state index contributed by atoms with van der Waals surface area (Å²) in [7, 11) is 0. The quantitative estimate of drug-likeness (QED) is 0.617. The Kier molecular flexibility index (Phi) is 3.95. The van der Waals surface area contributed by atoms with Crippen LogP contribution in [0.4, 0.5) is 32.0 Å². The molecule has 0 aliphatic heterocycles. The highest BCUT2D eigenvalue weighted by atomic mass is 19.4. The lowest BCUT2D eigenvalue weighted by molar-refractivity contribution is -0.142. The summed E-state index contributed by atoms with van der Waals surface area (Å²) in [5.41, 5.74) is 0.479. The fourth-order valence-corrected chi connectivity index (χ4v) is 1.84. The Bertz CT molecular complexity index is 664. The molecule has 0 aliphatic rings. The molecule has 0 fully saturated rings. The van der Waals surface area contributed by atoms with Crippen LogP contribution < -0.4 is 10.5 Å². The SMILES string of the molecule is Nc1c(C(F)(F)F)ccc(Oc2ccccc2)c1C(F)(F)F. The van der Waals surface area contributed by atoms with E-state index in [0.717, 1.165) is 0 Å². The molecule has 2 aromatic carbocycles. The van der Waals surface area contributed by atoms with Crippen molar-refractivity contribution in [2.45, 2.75) is 12.4 Å². The summed E-state index contributed by atoms with van der Waals surface area (Å²) in [5, 5.41) is 0. The first-order chi connectivity index (χ1) is 10.1. The third-order valence-electron chi connectivity index (χ3n) is 2.77. The third-order valence-corrected chi connectivity index (χ3v) is 2.77. The molecule has 0 aromatic heterocycles. The molecule has 22 heavy (non-hydrogen) atoms. The normalized spacial score (nSPS) is 12.3. The van der Waals surface area contributed by atoms with E-state index in [0.29, 0.717) is 12.1 Å². The maximum absolute atomic E-state index is 13.1. The van der Waals surface area contributed by atoms with E-state index in [1.54, 1.807) is 6.07 Å². The van der Waals surface area contributed by atoms with Crippen molar-refractivity contribution in [3.63, 3.8) is 0 Å². The van der Waals surface area contributed by atoms with Gasteiger partial charge in [0.15, 0.2) is 0 Å². The van der Waals surface area contributed by atoms with Gasteiger partial charge in [-0.3, -0.25) is 0 Å². The van der Waals surface area contributed by atoms with Crippen molar-refractivity contribution in [1.29, 1.82) is 0 Å². The molecule has 0 unspecified atom stereocenters. The zero-order chi connectivity index (χ0) is 16.5. The predicted molar refractivity (Wildman–Crippen MR) is 67.4 cm³/mol. The van der Waals surface area contributed by atoms with Crippen LogP contribution in [0, 0.1) is 0 Å². The van der Waals surface area contributed by atoms with Crippen LogP contribution >= 0.6 is 0 Å². The van der Waals surface area contributed by atoms with Crippen molar-refractivity contribution < 1.29 is 31.1 Å². The maximum Gasteiger partial charge on any atom is 0.421 e. The Morgan fingerprint density at radius 3 is 1.86 bits per heavy atom. The molecular weight excluding hydrogens is 312 g/mol. The molecule has 0 radical (unpaired) electrons. The second-order valence-corrected chi connectivity index (χ2v) is 4.31. The zero-order valence-electron chi connectivity index (χ0n) is 10.8. The first kappa shape index (κ1) is 16.0. The summed E-state index contributed by atoms with van der Waals surface area (Å²) in [4.78, 5) is 0. The van der Waals surface area contributed by atoms with Gasteiger partial charge in [-0.1, -0.05) is 18.2 Å². The summed E-state index contributed by atoms with van der Waals surface area (Å²) in [6.07, 6.45) is -10.1. The molecule has 2 nitrogen and oxygen atoms in total. The Morgan fingerprint density at radius 1 is 0.773 bits per heavy atom. The number of rotatable bonds is 2. The number of hydrogen-bond donors (Lipinski definition) is 1. The van der Waals surface area contributed by atoms with Gasteiger partial charge in [-0.25, -0.2) is 0 Å². The summed E-state index contributed by atoms with van der Waals surface area (Å²) in [6, 6.07) is 8.44. The molecule has 2 rings (SSSR count). The Labute approximate surface area is 121 Å². The molecule has 8 heteroatoms. The fourth-order valence-electron chi connectivity index (χ4n) is 1.84. The van der Waals surface area contributed by atoms with E-state index in [1.807, 2.05) is 0 Å². The molecule has 0 atom stereocenters. The van der Waals surface area contributed by atoms with Crippen LogP contribution in [0.2, 0.25) is 0 Å². The number of alkyl halides is 6. The van der Waals surface area contributed by atoms with Crippen LogP contribution in [-0.2, 0) is 12.4 Å². The lowest BCUT2D eigenvalue weighted by atomic mass is 10.1. The van der Waals surface area contributed by atoms with Crippen molar-refractivity contribution in [3.05, 3.63) is 53.6 Å². The fraction of sp³-hybridized carbons (Fsp3) is 0.143. The van der Waals surface area contributed by atoms with E-state index >= 15 is 0 Å². The van der Waals surface area contributed by atoms with Gasteiger partial charge in [0.25, 0.3) is 0 Å². The van der Waals surface area contributed by atoms with Gasteiger partial charge in [-0.15, -0.1) is 0 Å². The Morgan fingerprint density at radius 2 is 1.36 bits per heavy atom. The molecule has 0 saturated carbocycles. The summed E-state index contributed by atoms with van der Waals surface area (Å²) in [6.45, 7) is 0. The highest BCUT2D eigenvalue weighted by Gasteiger charge is 2.42. The monoisotopic (exact) mass is 321 g/mol. The van der Waals surface area contributed by atoms with Gasteiger partial charge in [0.1, 0.15) is 17.1 Å².